The third kappa shape index (κ3) is 6.00. The number of aliphatic hydroxyl groups excluding tert-OH is 1. The second-order valence-electron chi connectivity index (χ2n) is 8.78. The van der Waals surface area contributed by atoms with E-state index in [9.17, 15) is 23.1 Å². The molecule has 3 aromatic heterocycles. The molecule has 0 radical (unpaired) electrons. The van der Waals surface area contributed by atoms with Crippen molar-refractivity contribution < 1.29 is 27.8 Å². The van der Waals surface area contributed by atoms with Gasteiger partial charge in [0.05, 0.1) is 51.4 Å². The maximum atomic E-state index is 13.0. The second kappa shape index (κ2) is 10.7. The molecule has 0 spiro atoms. The van der Waals surface area contributed by atoms with Crippen LogP contribution in [-0.2, 0) is 13.6 Å². The van der Waals surface area contributed by atoms with Gasteiger partial charge >= 0.3 is 6.18 Å². The van der Waals surface area contributed by atoms with Crippen LogP contribution in [-0.4, -0.2) is 60.9 Å². The molecule has 206 valence electrons. The normalized spacial score (nSPS) is 12.4. The highest BCUT2D eigenvalue weighted by Crippen LogP contribution is 2.30. The molecule has 0 fully saturated rings. The van der Waals surface area contributed by atoms with E-state index >= 15 is 0 Å². The number of nitrogens with zero attached hydrogens (tertiary/aromatic N) is 6. The van der Waals surface area contributed by atoms with Crippen LogP contribution < -0.4 is 20.8 Å². The summed E-state index contributed by atoms with van der Waals surface area (Å²) in [5.41, 5.74) is 8.02. The largest absolute Gasteiger partial charge is 0.497 e. The number of benzene rings is 1. The molecule has 0 aliphatic rings. The first-order valence-electron chi connectivity index (χ1n) is 11.6. The van der Waals surface area contributed by atoms with Crippen molar-refractivity contribution in [3.8, 4) is 45.4 Å². The Morgan fingerprint density at radius 1 is 1.05 bits per heavy atom. The first kappa shape index (κ1) is 27.6. The molecule has 3 heterocycles. The Morgan fingerprint density at radius 3 is 2.31 bits per heavy atom. The Morgan fingerprint density at radius 2 is 1.69 bits per heavy atom. The summed E-state index contributed by atoms with van der Waals surface area (Å²) >= 11 is 0. The second-order valence-corrected chi connectivity index (χ2v) is 8.78. The lowest BCUT2D eigenvalue weighted by molar-refractivity contribution is -0.154. The Kier molecular flexibility index (Phi) is 7.58. The fraction of sp³-hybridized carbons (Fsp3) is 0.320. The molecule has 14 heteroatoms. The van der Waals surface area contributed by atoms with Gasteiger partial charge in [-0.25, -0.2) is 15.0 Å². The molecule has 11 nitrogen and oxygen atoms in total. The van der Waals surface area contributed by atoms with E-state index in [2.05, 4.69) is 20.1 Å². The molecule has 0 saturated carbocycles. The van der Waals surface area contributed by atoms with Crippen molar-refractivity contribution in [1.29, 1.82) is 0 Å². The number of nitrogen functional groups attached to an aromatic ring is 1. The summed E-state index contributed by atoms with van der Waals surface area (Å²) in [6.45, 7) is 1.29. The SMILES string of the molecule is COc1cc(OC)cc(-c2nc(-c3nc(-c4cnn(CC(O)CC(F)(F)F)c4C)cnc3N)cn(C)c2=O)c1. The number of rotatable bonds is 8. The number of aromatic nitrogens is 6. The molecule has 0 aliphatic carbocycles. The zero-order valence-electron chi connectivity index (χ0n) is 21.5. The van der Waals surface area contributed by atoms with E-state index in [1.54, 1.807) is 32.2 Å². The molecule has 3 N–H and O–H groups in total. The first-order chi connectivity index (χ1) is 18.4. The molecule has 4 aromatic rings. The zero-order valence-corrected chi connectivity index (χ0v) is 21.5. The summed E-state index contributed by atoms with van der Waals surface area (Å²) in [4.78, 5) is 26.3. The summed E-state index contributed by atoms with van der Waals surface area (Å²) in [6.07, 6.45) is -3.23. The smallest absolute Gasteiger partial charge is 0.391 e. The standard InChI is InChI=1S/C25H26F3N7O4/c1-13-18(9-31-35(13)11-15(36)8-25(26,27)28)19-10-30-23(29)22(32-19)20-12-34(2)24(37)21(33-20)14-5-16(38-3)7-17(6-14)39-4/h5-7,9-10,12,15,36H,8,11H2,1-4H3,(H2,29,30). The molecule has 39 heavy (non-hydrogen) atoms. The number of nitrogens with two attached hydrogens (primary N) is 1. The van der Waals surface area contributed by atoms with Gasteiger partial charge in [0.25, 0.3) is 5.56 Å². The highest BCUT2D eigenvalue weighted by atomic mass is 19.4. The van der Waals surface area contributed by atoms with E-state index in [1.165, 1.54) is 42.1 Å². The van der Waals surface area contributed by atoms with Crippen LogP contribution in [0.5, 0.6) is 11.5 Å². The van der Waals surface area contributed by atoms with Crippen molar-refractivity contribution in [3.63, 3.8) is 0 Å². The van der Waals surface area contributed by atoms with Crippen LogP contribution in [0.4, 0.5) is 19.0 Å². The van der Waals surface area contributed by atoms with Gasteiger partial charge in [-0.2, -0.15) is 18.3 Å². The number of aliphatic hydroxyl groups is 1. The lowest BCUT2D eigenvalue weighted by Crippen LogP contribution is -2.24. The van der Waals surface area contributed by atoms with E-state index in [0.717, 1.165) is 0 Å². The Balaban J connectivity index is 1.75. The average molecular weight is 546 g/mol. The molecular weight excluding hydrogens is 519 g/mol. The molecule has 4 rings (SSSR count). The predicted molar refractivity (Wildman–Crippen MR) is 136 cm³/mol. The van der Waals surface area contributed by atoms with Crippen molar-refractivity contribution in [2.75, 3.05) is 20.0 Å². The molecule has 0 bridgehead atoms. The van der Waals surface area contributed by atoms with Gasteiger partial charge in [-0.1, -0.05) is 0 Å². The van der Waals surface area contributed by atoms with Gasteiger partial charge in [0.1, 0.15) is 28.6 Å². The van der Waals surface area contributed by atoms with Crippen LogP contribution in [0, 0.1) is 6.92 Å². The number of aryl methyl sites for hydroxylation is 1. The average Bonchev–Trinajstić information content (AvgIpc) is 3.23. The number of hydrogen-bond donors (Lipinski definition) is 2. The molecule has 0 aliphatic heterocycles. The fourth-order valence-electron chi connectivity index (χ4n) is 3.98. The topological polar surface area (TPSA) is 143 Å². The van der Waals surface area contributed by atoms with Crippen molar-refractivity contribution in [2.24, 2.45) is 7.05 Å². The summed E-state index contributed by atoms with van der Waals surface area (Å²) in [5.74, 6) is 0.977. The summed E-state index contributed by atoms with van der Waals surface area (Å²) in [7, 11) is 4.54. The van der Waals surface area contributed by atoms with Gasteiger partial charge in [-0.3, -0.25) is 9.48 Å². The van der Waals surface area contributed by atoms with Gasteiger partial charge in [0.2, 0.25) is 0 Å². The molecule has 1 atom stereocenters. The minimum Gasteiger partial charge on any atom is -0.497 e. The van der Waals surface area contributed by atoms with Crippen molar-refractivity contribution in [1.82, 2.24) is 29.3 Å². The Hall–Kier alpha value is -4.46. The van der Waals surface area contributed by atoms with E-state index in [-0.39, 0.29) is 35.0 Å². The summed E-state index contributed by atoms with van der Waals surface area (Å²) < 4.78 is 51.1. The highest BCUT2D eigenvalue weighted by molar-refractivity contribution is 5.73. The predicted octanol–water partition coefficient (Wildman–Crippen LogP) is 2.99. The highest BCUT2D eigenvalue weighted by Gasteiger charge is 2.31. The lowest BCUT2D eigenvalue weighted by atomic mass is 10.1. The Bertz CT molecular complexity index is 1540. The fourth-order valence-corrected chi connectivity index (χ4v) is 3.98. The van der Waals surface area contributed by atoms with E-state index < -0.39 is 18.7 Å². The van der Waals surface area contributed by atoms with Gasteiger partial charge in [-0.15, -0.1) is 0 Å². The van der Waals surface area contributed by atoms with E-state index in [1.807, 2.05) is 0 Å². The number of alkyl halides is 3. The molecule has 1 aromatic carbocycles. The lowest BCUT2D eigenvalue weighted by Gasteiger charge is -2.14. The maximum absolute atomic E-state index is 13.0. The molecular formula is C25H26F3N7O4. The van der Waals surface area contributed by atoms with Crippen molar-refractivity contribution >= 4 is 5.82 Å². The number of methoxy groups -OCH3 is 2. The van der Waals surface area contributed by atoms with Crippen LogP contribution in [0.1, 0.15) is 12.1 Å². The molecule has 0 saturated heterocycles. The number of hydrogen-bond acceptors (Lipinski definition) is 9. The van der Waals surface area contributed by atoms with Gasteiger partial charge in [-0.05, 0) is 19.1 Å². The minimum atomic E-state index is -4.50. The Labute approximate surface area is 220 Å². The third-order valence-corrected chi connectivity index (χ3v) is 5.97. The van der Waals surface area contributed by atoms with Gasteiger partial charge in [0.15, 0.2) is 5.82 Å². The number of anilines is 1. The molecule has 0 amide bonds. The van der Waals surface area contributed by atoms with Gasteiger partial charge < -0.3 is 24.9 Å². The van der Waals surface area contributed by atoms with Crippen molar-refractivity contribution in [2.45, 2.75) is 32.2 Å². The first-order valence-corrected chi connectivity index (χ1v) is 11.6. The summed E-state index contributed by atoms with van der Waals surface area (Å²) in [6, 6.07) is 4.95. The van der Waals surface area contributed by atoms with Crippen LogP contribution in [0.3, 0.4) is 0 Å². The van der Waals surface area contributed by atoms with Gasteiger partial charge in [0, 0.05) is 36.1 Å². The maximum Gasteiger partial charge on any atom is 0.391 e. The molecule has 1 unspecified atom stereocenters. The van der Waals surface area contributed by atoms with Crippen LogP contribution in [0.2, 0.25) is 0 Å². The monoisotopic (exact) mass is 545 g/mol. The number of halogens is 3. The van der Waals surface area contributed by atoms with Crippen LogP contribution in [0.25, 0.3) is 33.9 Å². The number of ether oxygens (including phenoxy) is 2. The van der Waals surface area contributed by atoms with Crippen LogP contribution >= 0.6 is 0 Å². The zero-order chi connectivity index (χ0) is 28.5. The summed E-state index contributed by atoms with van der Waals surface area (Å²) in [5, 5.41) is 13.9. The van der Waals surface area contributed by atoms with E-state index in [0.29, 0.717) is 34.0 Å². The quantitative estimate of drug-likeness (QED) is 0.342. The minimum absolute atomic E-state index is 0.0460. The third-order valence-electron chi connectivity index (χ3n) is 5.97. The van der Waals surface area contributed by atoms with Crippen molar-refractivity contribution in [3.05, 3.63) is 52.8 Å². The van der Waals surface area contributed by atoms with Crippen LogP contribution in [0.15, 0.2) is 41.6 Å². The van der Waals surface area contributed by atoms with E-state index in [4.69, 9.17) is 15.2 Å².